The first kappa shape index (κ1) is 28.0. The zero-order chi connectivity index (χ0) is 27.8. The Labute approximate surface area is 226 Å². The van der Waals surface area contributed by atoms with Gasteiger partial charge in [0.25, 0.3) is 5.91 Å². The quantitative estimate of drug-likeness (QED) is 0.375. The zero-order valence-electron chi connectivity index (χ0n) is 21.8. The molecule has 1 amide bonds. The fourth-order valence-corrected chi connectivity index (χ4v) is 5.21. The molecule has 1 atom stereocenters. The smallest absolute Gasteiger partial charge is 0.328 e. The summed E-state index contributed by atoms with van der Waals surface area (Å²) in [6.45, 7) is 4.68. The number of rotatable bonds is 8. The van der Waals surface area contributed by atoms with Crippen molar-refractivity contribution in [2.24, 2.45) is 0 Å². The highest BCUT2D eigenvalue weighted by Crippen LogP contribution is 2.23. The largest absolute Gasteiger partial charge is 0.478 e. The van der Waals surface area contributed by atoms with Gasteiger partial charge in [-0.1, -0.05) is 24.3 Å². The molecule has 0 aliphatic carbocycles. The van der Waals surface area contributed by atoms with Crippen molar-refractivity contribution in [1.82, 2.24) is 19.4 Å². The van der Waals surface area contributed by atoms with Crippen molar-refractivity contribution < 1.29 is 29.7 Å². The minimum Gasteiger partial charge on any atom is -0.478 e. The summed E-state index contributed by atoms with van der Waals surface area (Å²) in [4.78, 5) is 41.4. The van der Waals surface area contributed by atoms with Gasteiger partial charge in [-0.05, 0) is 62.2 Å². The van der Waals surface area contributed by atoms with Gasteiger partial charge in [0.1, 0.15) is 5.82 Å². The van der Waals surface area contributed by atoms with Gasteiger partial charge in [-0.25, -0.2) is 14.6 Å². The molecular weight excluding hydrogens is 500 g/mol. The maximum atomic E-state index is 13.0. The first-order valence-corrected chi connectivity index (χ1v) is 13.2. The van der Waals surface area contributed by atoms with Gasteiger partial charge < -0.3 is 24.8 Å². The van der Waals surface area contributed by atoms with E-state index in [1.165, 1.54) is 25.9 Å². The van der Waals surface area contributed by atoms with Crippen LogP contribution in [-0.4, -0.2) is 91.3 Å². The number of likely N-dealkylation sites (tertiary alicyclic amines) is 2. The van der Waals surface area contributed by atoms with Crippen LogP contribution in [0.4, 0.5) is 0 Å². The maximum absolute atomic E-state index is 13.0. The van der Waals surface area contributed by atoms with E-state index < -0.39 is 11.9 Å². The van der Waals surface area contributed by atoms with Crippen LogP contribution in [0.25, 0.3) is 11.0 Å². The minimum atomic E-state index is -1.26. The number of aliphatic hydroxyl groups excluding tert-OH is 1. The molecule has 0 bridgehead atoms. The van der Waals surface area contributed by atoms with Crippen molar-refractivity contribution in [3.05, 3.63) is 77.6 Å². The second-order valence-electron chi connectivity index (χ2n) is 9.71. The van der Waals surface area contributed by atoms with Crippen LogP contribution in [0.1, 0.15) is 41.0 Å². The molecule has 3 heterocycles. The van der Waals surface area contributed by atoms with E-state index in [4.69, 9.17) is 15.2 Å². The van der Waals surface area contributed by atoms with E-state index >= 15 is 0 Å². The number of imidazole rings is 1. The Balaban J connectivity index is 0.000000386. The monoisotopic (exact) mass is 534 g/mol. The fourth-order valence-electron chi connectivity index (χ4n) is 5.21. The van der Waals surface area contributed by atoms with Gasteiger partial charge in [-0.3, -0.25) is 9.69 Å². The summed E-state index contributed by atoms with van der Waals surface area (Å²) in [7, 11) is 0. The van der Waals surface area contributed by atoms with E-state index in [0.29, 0.717) is 31.2 Å². The van der Waals surface area contributed by atoms with Crippen molar-refractivity contribution >= 4 is 28.9 Å². The molecule has 5 rings (SSSR count). The second kappa shape index (κ2) is 13.2. The van der Waals surface area contributed by atoms with Crippen molar-refractivity contribution in [1.29, 1.82) is 0 Å². The Bertz CT molecular complexity index is 1310. The lowest BCUT2D eigenvalue weighted by Gasteiger charge is -2.23. The second-order valence-corrected chi connectivity index (χ2v) is 9.71. The number of aliphatic carboxylic acids is 2. The standard InChI is InChI=1S/C25H30N4O2.C4H4O4/c30-16-15-29-23-6-2-1-5-22(23)26-24(29)17-19-7-9-20(10-8-19)25(31)28-14-11-21(18-28)27-12-3-4-13-27;5-3(6)1-2-4(7)8/h1-2,5-10,21,30H,3-4,11-18H2;1-2H,(H,5,6)(H,7,8)/t21-;/m0./s1. The number of benzene rings is 2. The molecule has 2 aliphatic heterocycles. The molecule has 0 radical (unpaired) electrons. The normalized spacial score (nSPS) is 17.5. The molecule has 2 fully saturated rings. The Kier molecular flexibility index (Phi) is 9.45. The predicted octanol–water partition coefficient (Wildman–Crippen LogP) is 2.64. The highest BCUT2D eigenvalue weighted by Gasteiger charge is 2.31. The van der Waals surface area contributed by atoms with Crippen LogP contribution in [0.15, 0.2) is 60.7 Å². The van der Waals surface area contributed by atoms with Crippen LogP contribution >= 0.6 is 0 Å². The average molecular weight is 535 g/mol. The van der Waals surface area contributed by atoms with Crippen LogP contribution in [0.5, 0.6) is 0 Å². The summed E-state index contributed by atoms with van der Waals surface area (Å²) in [6.07, 6.45) is 5.45. The number of carboxylic acid groups (broad SMARTS) is 2. The van der Waals surface area contributed by atoms with Crippen LogP contribution in [0.2, 0.25) is 0 Å². The first-order chi connectivity index (χ1) is 18.9. The molecule has 1 aromatic heterocycles. The number of aromatic nitrogens is 2. The van der Waals surface area contributed by atoms with Gasteiger partial charge in [-0.15, -0.1) is 0 Å². The van der Waals surface area contributed by atoms with Crippen molar-refractivity contribution in [3.8, 4) is 0 Å². The Morgan fingerprint density at radius 2 is 1.59 bits per heavy atom. The summed E-state index contributed by atoms with van der Waals surface area (Å²) < 4.78 is 2.08. The molecule has 0 unspecified atom stereocenters. The summed E-state index contributed by atoms with van der Waals surface area (Å²) in [6, 6.07) is 16.5. The molecule has 0 saturated carbocycles. The van der Waals surface area contributed by atoms with Crippen LogP contribution < -0.4 is 0 Å². The number of hydrogen-bond donors (Lipinski definition) is 3. The first-order valence-electron chi connectivity index (χ1n) is 13.2. The van der Waals surface area contributed by atoms with Gasteiger partial charge in [-0.2, -0.15) is 0 Å². The van der Waals surface area contributed by atoms with Gasteiger partial charge >= 0.3 is 11.9 Å². The molecule has 10 heteroatoms. The van der Waals surface area contributed by atoms with E-state index in [2.05, 4.69) is 9.47 Å². The Morgan fingerprint density at radius 3 is 2.23 bits per heavy atom. The number of para-hydroxylation sites is 2. The fraction of sp³-hybridized carbons (Fsp3) is 0.379. The van der Waals surface area contributed by atoms with E-state index in [0.717, 1.165) is 47.5 Å². The number of nitrogens with zero attached hydrogens (tertiary/aromatic N) is 4. The molecule has 3 aromatic rings. The van der Waals surface area contributed by atoms with Crippen molar-refractivity contribution in [2.75, 3.05) is 32.8 Å². The number of amides is 1. The molecule has 10 nitrogen and oxygen atoms in total. The molecule has 2 aromatic carbocycles. The van der Waals surface area contributed by atoms with Crippen LogP contribution in [0.3, 0.4) is 0 Å². The van der Waals surface area contributed by atoms with E-state index in [1.807, 2.05) is 53.4 Å². The van der Waals surface area contributed by atoms with Gasteiger partial charge in [0, 0.05) is 49.8 Å². The molecular formula is C29H34N4O6. The molecule has 0 spiro atoms. The van der Waals surface area contributed by atoms with E-state index in [1.54, 1.807) is 0 Å². The number of aliphatic hydroxyl groups is 1. The minimum absolute atomic E-state index is 0.0784. The third-order valence-corrected chi connectivity index (χ3v) is 7.10. The zero-order valence-corrected chi connectivity index (χ0v) is 21.8. The van der Waals surface area contributed by atoms with Gasteiger partial charge in [0.15, 0.2) is 0 Å². The number of carbonyl (C=O) groups is 3. The van der Waals surface area contributed by atoms with Crippen LogP contribution in [-0.2, 0) is 22.6 Å². The highest BCUT2D eigenvalue weighted by atomic mass is 16.4. The van der Waals surface area contributed by atoms with Crippen LogP contribution in [0, 0.1) is 0 Å². The number of carbonyl (C=O) groups excluding carboxylic acids is 1. The highest BCUT2D eigenvalue weighted by molar-refractivity contribution is 5.94. The number of carboxylic acids is 2. The molecule has 2 aliphatic rings. The number of fused-ring (bicyclic) bond motifs is 1. The molecule has 206 valence electrons. The summed E-state index contributed by atoms with van der Waals surface area (Å²) in [5.41, 5.74) is 3.86. The van der Waals surface area contributed by atoms with E-state index in [9.17, 15) is 19.5 Å². The molecule has 39 heavy (non-hydrogen) atoms. The summed E-state index contributed by atoms with van der Waals surface area (Å²) >= 11 is 0. The molecule has 3 N–H and O–H groups in total. The Hall–Kier alpha value is -4.02. The topological polar surface area (TPSA) is 136 Å². The third kappa shape index (κ3) is 7.30. The lowest BCUT2D eigenvalue weighted by atomic mass is 10.1. The maximum Gasteiger partial charge on any atom is 0.328 e. The Morgan fingerprint density at radius 1 is 0.923 bits per heavy atom. The molecule has 2 saturated heterocycles. The number of hydrogen-bond acceptors (Lipinski definition) is 6. The van der Waals surface area contributed by atoms with Crippen molar-refractivity contribution in [2.45, 2.75) is 38.3 Å². The predicted molar refractivity (Wildman–Crippen MR) is 146 cm³/mol. The lowest BCUT2D eigenvalue weighted by molar-refractivity contribution is -0.134. The van der Waals surface area contributed by atoms with E-state index in [-0.39, 0.29) is 12.5 Å². The van der Waals surface area contributed by atoms with Gasteiger partial charge in [0.2, 0.25) is 0 Å². The van der Waals surface area contributed by atoms with Gasteiger partial charge in [0.05, 0.1) is 17.6 Å². The summed E-state index contributed by atoms with van der Waals surface area (Å²) in [5, 5.41) is 25.1. The summed E-state index contributed by atoms with van der Waals surface area (Å²) in [5.74, 6) is -1.44. The van der Waals surface area contributed by atoms with Crippen molar-refractivity contribution in [3.63, 3.8) is 0 Å². The third-order valence-electron chi connectivity index (χ3n) is 7.10. The lowest BCUT2D eigenvalue weighted by Crippen LogP contribution is -2.37. The SMILES string of the molecule is O=C(O)C=CC(=O)O.O=C(c1ccc(Cc2nc3ccccc3n2CCO)cc1)N1CC[C@H](N2CCCC2)C1. The average Bonchev–Trinajstić information content (AvgIpc) is 3.69.